The van der Waals surface area contributed by atoms with Crippen LogP contribution in [0.2, 0.25) is 0 Å². The molecule has 0 aliphatic heterocycles. The Labute approximate surface area is 107 Å². The van der Waals surface area contributed by atoms with E-state index < -0.39 is 22.8 Å². The summed E-state index contributed by atoms with van der Waals surface area (Å²) in [7, 11) is 1.57. The number of halogens is 3. The lowest BCUT2D eigenvalue weighted by atomic mass is 9.92. The molecule has 0 aromatic carbocycles. The minimum atomic E-state index is -4.40. The van der Waals surface area contributed by atoms with Gasteiger partial charge in [-0.1, -0.05) is 12.8 Å². The van der Waals surface area contributed by atoms with E-state index in [-0.39, 0.29) is 0 Å². The lowest BCUT2D eigenvalue weighted by molar-refractivity contribution is -0.137. The molecule has 7 heteroatoms. The molecule has 1 saturated carbocycles. The van der Waals surface area contributed by atoms with Gasteiger partial charge in [-0.3, -0.25) is 0 Å². The number of nitrogens with two attached hydrogens (primary N) is 1. The summed E-state index contributed by atoms with van der Waals surface area (Å²) < 4.78 is 43.0. The van der Waals surface area contributed by atoms with Gasteiger partial charge in [0.1, 0.15) is 0 Å². The summed E-state index contributed by atoms with van der Waals surface area (Å²) in [4.78, 5) is 3.84. The van der Waals surface area contributed by atoms with Crippen molar-refractivity contribution in [3.05, 3.63) is 16.1 Å². The number of methoxy groups -OCH3 is 1. The van der Waals surface area contributed by atoms with E-state index in [1.165, 1.54) is 6.20 Å². The summed E-state index contributed by atoms with van der Waals surface area (Å²) in [5.41, 5.74) is 5.55. The van der Waals surface area contributed by atoms with Crippen LogP contribution in [0.3, 0.4) is 0 Å². The quantitative estimate of drug-likeness (QED) is 0.925. The molecule has 0 saturated heterocycles. The van der Waals surface area contributed by atoms with Gasteiger partial charge in [0.05, 0.1) is 11.6 Å². The number of hydrogen-bond donors (Lipinski definition) is 1. The highest BCUT2D eigenvalue weighted by Gasteiger charge is 2.43. The molecule has 0 radical (unpaired) electrons. The first-order valence-corrected chi connectivity index (χ1v) is 6.54. The Kier molecular flexibility index (Phi) is 3.66. The van der Waals surface area contributed by atoms with Crippen LogP contribution in [-0.4, -0.2) is 17.7 Å². The standard InChI is InChI=1S/C11H15F3N2OS/c1-17-10(4-2-3-5-10)8(15)7-6-16-9(18-7)11(12,13)14/h6,8H,2-5,15H2,1H3. The van der Waals surface area contributed by atoms with Crippen LogP contribution >= 0.6 is 11.3 Å². The van der Waals surface area contributed by atoms with Crippen molar-refractivity contribution in [3.63, 3.8) is 0 Å². The van der Waals surface area contributed by atoms with Crippen LogP contribution in [0.4, 0.5) is 13.2 Å². The van der Waals surface area contributed by atoms with E-state index >= 15 is 0 Å². The van der Waals surface area contributed by atoms with Gasteiger partial charge in [0, 0.05) is 18.2 Å². The van der Waals surface area contributed by atoms with Crippen molar-refractivity contribution in [2.45, 2.75) is 43.5 Å². The highest BCUT2D eigenvalue weighted by molar-refractivity contribution is 7.11. The van der Waals surface area contributed by atoms with Gasteiger partial charge in [-0.25, -0.2) is 4.98 Å². The third-order valence-corrected chi connectivity index (χ3v) is 4.62. The van der Waals surface area contributed by atoms with Gasteiger partial charge in [0.2, 0.25) is 0 Å². The largest absolute Gasteiger partial charge is 0.443 e. The molecule has 102 valence electrons. The molecule has 1 aromatic rings. The third kappa shape index (κ3) is 2.39. The number of alkyl halides is 3. The van der Waals surface area contributed by atoms with Gasteiger partial charge in [0.25, 0.3) is 0 Å². The molecule has 2 rings (SSSR count). The maximum atomic E-state index is 12.5. The Morgan fingerprint density at radius 1 is 1.44 bits per heavy atom. The molecule has 1 aliphatic rings. The van der Waals surface area contributed by atoms with Crippen molar-refractivity contribution < 1.29 is 17.9 Å². The van der Waals surface area contributed by atoms with E-state index in [1.54, 1.807) is 7.11 Å². The fourth-order valence-corrected chi connectivity index (χ4v) is 3.33. The van der Waals surface area contributed by atoms with Crippen LogP contribution in [0, 0.1) is 0 Å². The van der Waals surface area contributed by atoms with Gasteiger partial charge in [0.15, 0.2) is 5.01 Å². The van der Waals surface area contributed by atoms with Crippen LogP contribution in [0.25, 0.3) is 0 Å². The average Bonchev–Trinajstić information content (AvgIpc) is 2.97. The minimum Gasteiger partial charge on any atom is -0.376 e. The van der Waals surface area contributed by atoms with Gasteiger partial charge < -0.3 is 10.5 Å². The zero-order valence-corrected chi connectivity index (χ0v) is 10.8. The van der Waals surface area contributed by atoms with Crippen molar-refractivity contribution in [2.75, 3.05) is 7.11 Å². The summed E-state index contributed by atoms with van der Waals surface area (Å²) in [6, 6.07) is -0.543. The van der Waals surface area contributed by atoms with E-state index in [1.807, 2.05) is 0 Å². The number of rotatable bonds is 3. The van der Waals surface area contributed by atoms with Gasteiger partial charge in [-0.2, -0.15) is 13.2 Å². The average molecular weight is 280 g/mol. The van der Waals surface area contributed by atoms with E-state index in [2.05, 4.69) is 4.98 Å². The van der Waals surface area contributed by atoms with Crippen LogP contribution < -0.4 is 5.73 Å². The van der Waals surface area contributed by atoms with Crippen molar-refractivity contribution in [2.24, 2.45) is 5.73 Å². The van der Waals surface area contributed by atoms with Crippen LogP contribution in [0.1, 0.15) is 41.6 Å². The molecule has 0 spiro atoms. The molecule has 3 nitrogen and oxygen atoms in total. The monoisotopic (exact) mass is 280 g/mol. The van der Waals surface area contributed by atoms with Crippen LogP contribution in [-0.2, 0) is 10.9 Å². The Bertz CT molecular complexity index is 413. The Balaban J connectivity index is 2.23. The van der Waals surface area contributed by atoms with E-state index in [0.29, 0.717) is 16.2 Å². The Morgan fingerprint density at radius 3 is 2.50 bits per heavy atom. The summed E-state index contributed by atoms with van der Waals surface area (Å²) in [5.74, 6) is 0. The predicted molar refractivity (Wildman–Crippen MR) is 62.3 cm³/mol. The first kappa shape index (κ1) is 13.8. The number of aromatic nitrogens is 1. The molecular formula is C11H15F3N2OS. The van der Waals surface area contributed by atoms with Crippen molar-refractivity contribution in [1.29, 1.82) is 0 Å². The van der Waals surface area contributed by atoms with E-state index in [9.17, 15) is 13.2 Å². The second kappa shape index (κ2) is 4.79. The lowest BCUT2D eigenvalue weighted by Crippen LogP contribution is -2.40. The number of ether oxygens (including phenoxy) is 1. The second-order valence-electron chi connectivity index (χ2n) is 4.52. The maximum absolute atomic E-state index is 12.5. The maximum Gasteiger partial charge on any atom is 0.443 e. The molecule has 1 aromatic heterocycles. The zero-order chi connectivity index (χ0) is 13.4. The normalized spacial score (nSPS) is 21.2. The fraction of sp³-hybridized carbons (Fsp3) is 0.727. The Morgan fingerprint density at radius 2 is 2.06 bits per heavy atom. The van der Waals surface area contributed by atoms with E-state index in [4.69, 9.17) is 10.5 Å². The van der Waals surface area contributed by atoms with Gasteiger partial charge in [-0.15, -0.1) is 11.3 Å². The molecule has 1 heterocycles. The van der Waals surface area contributed by atoms with Crippen LogP contribution in [0.5, 0.6) is 0 Å². The van der Waals surface area contributed by atoms with Crippen molar-refractivity contribution in [3.8, 4) is 0 Å². The topological polar surface area (TPSA) is 48.1 Å². The second-order valence-corrected chi connectivity index (χ2v) is 5.58. The highest BCUT2D eigenvalue weighted by atomic mass is 32.1. The molecule has 1 atom stereocenters. The number of nitrogens with zero attached hydrogens (tertiary/aromatic N) is 1. The smallest absolute Gasteiger partial charge is 0.376 e. The molecule has 2 N–H and O–H groups in total. The van der Waals surface area contributed by atoms with Gasteiger partial charge in [-0.05, 0) is 12.8 Å². The molecule has 1 unspecified atom stereocenters. The number of thiazole rings is 1. The lowest BCUT2D eigenvalue weighted by Gasteiger charge is -2.33. The molecule has 0 bridgehead atoms. The van der Waals surface area contributed by atoms with Gasteiger partial charge >= 0.3 is 6.18 Å². The predicted octanol–water partition coefficient (Wildman–Crippen LogP) is 3.12. The molecular weight excluding hydrogens is 265 g/mol. The summed E-state index contributed by atoms with van der Waals surface area (Å²) >= 11 is 0.608. The van der Waals surface area contributed by atoms with Crippen LogP contribution in [0.15, 0.2) is 6.20 Å². The highest BCUT2D eigenvalue weighted by Crippen LogP contribution is 2.43. The molecule has 18 heavy (non-hydrogen) atoms. The van der Waals surface area contributed by atoms with Crippen molar-refractivity contribution in [1.82, 2.24) is 4.98 Å². The molecule has 1 fully saturated rings. The minimum absolute atomic E-state index is 0.436. The Hall–Kier alpha value is -0.660. The number of hydrogen-bond acceptors (Lipinski definition) is 4. The molecule has 1 aliphatic carbocycles. The summed E-state index contributed by atoms with van der Waals surface area (Å²) in [6.07, 6.45) is 0.364. The van der Waals surface area contributed by atoms with E-state index in [0.717, 1.165) is 25.7 Å². The fourth-order valence-electron chi connectivity index (χ4n) is 2.44. The summed E-state index contributed by atoms with van der Waals surface area (Å²) in [6.45, 7) is 0. The third-order valence-electron chi connectivity index (χ3n) is 3.50. The zero-order valence-electron chi connectivity index (χ0n) is 9.96. The molecule has 0 amide bonds. The summed E-state index contributed by atoms with van der Waals surface area (Å²) in [5, 5.41) is -0.850. The SMILES string of the molecule is COC1(C(N)c2cnc(C(F)(F)F)s2)CCCC1. The first-order valence-electron chi connectivity index (χ1n) is 5.73. The van der Waals surface area contributed by atoms with Crippen molar-refractivity contribution >= 4 is 11.3 Å². The first-order chi connectivity index (χ1) is 8.39.